The number of halogens is 1. The van der Waals surface area contributed by atoms with E-state index in [4.69, 9.17) is 5.73 Å². The molecular formula is C20H28FN3O2. The number of carbonyl (C=O) groups is 1. The predicted octanol–water partition coefficient (Wildman–Crippen LogP) is 2.53. The summed E-state index contributed by atoms with van der Waals surface area (Å²) in [6, 6.07) is 5.06. The van der Waals surface area contributed by atoms with E-state index in [-0.39, 0.29) is 29.3 Å². The number of aliphatic hydroxyl groups is 1. The van der Waals surface area contributed by atoms with Crippen molar-refractivity contribution in [3.05, 3.63) is 24.0 Å². The zero-order valence-corrected chi connectivity index (χ0v) is 15.2. The molecule has 0 radical (unpaired) electrons. The zero-order valence-electron chi connectivity index (χ0n) is 15.2. The second-order valence-corrected chi connectivity index (χ2v) is 8.23. The highest BCUT2D eigenvalue weighted by Gasteiger charge is 2.50. The lowest BCUT2D eigenvalue weighted by molar-refractivity contribution is -0.139. The van der Waals surface area contributed by atoms with Gasteiger partial charge in [-0.05, 0) is 63.1 Å². The van der Waals surface area contributed by atoms with Crippen LogP contribution in [-0.4, -0.2) is 47.7 Å². The number of anilines is 2. The largest absolute Gasteiger partial charge is 0.399 e. The van der Waals surface area contributed by atoms with Crippen molar-refractivity contribution in [2.24, 2.45) is 5.41 Å². The number of nitrogens with two attached hydrogens (primary N) is 1. The van der Waals surface area contributed by atoms with E-state index >= 15 is 0 Å². The molecule has 0 bridgehead atoms. The maximum atomic E-state index is 14.4. The second-order valence-electron chi connectivity index (χ2n) is 8.23. The molecule has 2 aliphatic heterocycles. The van der Waals surface area contributed by atoms with Crippen LogP contribution in [0.25, 0.3) is 0 Å². The van der Waals surface area contributed by atoms with Crippen molar-refractivity contribution in [3.8, 4) is 0 Å². The number of aliphatic hydroxyl groups excluding tert-OH is 1. The van der Waals surface area contributed by atoms with Crippen LogP contribution in [0.3, 0.4) is 0 Å². The molecule has 2 heterocycles. The van der Waals surface area contributed by atoms with E-state index in [1.807, 2.05) is 4.90 Å². The van der Waals surface area contributed by atoms with Crippen molar-refractivity contribution in [3.63, 3.8) is 0 Å². The third kappa shape index (κ3) is 3.04. The van der Waals surface area contributed by atoms with Gasteiger partial charge in [0.15, 0.2) is 0 Å². The molecule has 5 nitrogen and oxygen atoms in total. The van der Waals surface area contributed by atoms with Crippen LogP contribution in [0.1, 0.15) is 44.9 Å². The fourth-order valence-electron chi connectivity index (χ4n) is 5.06. The quantitative estimate of drug-likeness (QED) is 0.794. The topological polar surface area (TPSA) is 69.8 Å². The van der Waals surface area contributed by atoms with E-state index in [1.165, 1.54) is 6.07 Å². The first-order valence-corrected chi connectivity index (χ1v) is 9.78. The summed E-state index contributed by atoms with van der Waals surface area (Å²) in [5.41, 5.74) is 6.25. The van der Waals surface area contributed by atoms with Gasteiger partial charge >= 0.3 is 0 Å². The molecule has 1 aromatic rings. The van der Waals surface area contributed by atoms with Gasteiger partial charge in [0.05, 0.1) is 17.2 Å². The van der Waals surface area contributed by atoms with Crippen LogP contribution < -0.4 is 10.6 Å². The highest BCUT2D eigenvalue weighted by Crippen LogP contribution is 2.43. The van der Waals surface area contributed by atoms with Gasteiger partial charge in [0.25, 0.3) is 0 Å². The van der Waals surface area contributed by atoms with Crippen molar-refractivity contribution in [1.29, 1.82) is 0 Å². The third-order valence-corrected chi connectivity index (χ3v) is 6.54. The van der Waals surface area contributed by atoms with Gasteiger partial charge in [-0.3, -0.25) is 4.79 Å². The van der Waals surface area contributed by atoms with E-state index in [0.717, 1.165) is 58.0 Å². The van der Waals surface area contributed by atoms with Crippen LogP contribution in [-0.2, 0) is 4.79 Å². The molecule has 3 aliphatic rings. The Bertz CT molecular complexity index is 690. The van der Waals surface area contributed by atoms with Gasteiger partial charge in [-0.15, -0.1) is 0 Å². The highest BCUT2D eigenvalue weighted by atomic mass is 19.1. The van der Waals surface area contributed by atoms with Crippen LogP contribution in [0, 0.1) is 11.2 Å². The molecule has 6 heteroatoms. The fraction of sp³-hybridized carbons (Fsp3) is 0.650. The predicted molar refractivity (Wildman–Crippen MR) is 99.3 cm³/mol. The Morgan fingerprint density at radius 3 is 2.65 bits per heavy atom. The maximum Gasteiger partial charge on any atom is 0.230 e. The molecule has 1 atom stereocenters. The summed E-state index contributed by atoms with van der Waals surface area (Å²) < 4.78 is 14.4. The number of nitrogen functional groups attached to an aromatic ring is 1. The van der Waals surface area contributed by atoms with Crippen molar-refractivity contribution in [2.45, 2.75) is 57.1 Å². The first-order valence-electron chi connectivity index (χ1n) is 9.78. The van der Waals surface area contributed by atoms with Gasteiger partial charge in [-0.25, -0.2) is 4.39 Å². The van der Waals surface area contributed by atoms with Crippen LogP contribution in [0.4, 0.5) is 15.8 Å². The highest BCUT2D eigenvalue weighted by molar-refractivity contribution is 5.86. The molecule has 142 valence electrons. The number of hydrogen-bond donors (Lipinski definition) is 2. The maximum absolute atomic E-state index is 14.4. The molecule has 1 amide bonds. The van der Waals surface area contributed by atoms with Crippen molar-refractivity contribution in [1.82, 2.24) is 4.90 Å². The lowest BCUT2D eigenvalue weighted by atomic mass is 9.78. The van der Waals surface area contributed by atoms with Crippen LogP contribution in [0.2, 0.25) is 0 Å². The Kier molecular flexibility index (Phi) is 4.55. The Morgan fingerprint density at radius 1 is 1.15 bits per heavy atom. The normalized spacial score (nSPS) is 32.5. The molecule has 4 rings (SSSR count). The number of piperidine rings is 1. The lowest BCUT2D eigenvalue weighted by Crippen LogP contribution is -2.50. The van der Waals surface area contributed by atoms with Gasteiger partial charge in [0, 0.05) is 31.4 Å². The van der Waals surface area contributed by atoms with E-state index in [0.29, 0.717) is 17.9 Å². The number of amides is 1. The minimum absolute atomic E-state index is 0.212. The molecule has 1 saturated carbocycles. The molecule has 3 N–H and O–H groups in total. The molecule has 1 aliphatic carbocycles. The van der Waals surface area contributed by atoms with Gasteiger partial charge in [-0.2, -0.15) is 0 Å². The van der Waals surface area contributed by atoms with Crippen LogP contribution in [0.15, 0.2) is 18.2 Å². The molecule has 0 aromatic heterocycles. The summed E-state index contributed by atoms with van der Waals surface area (Å²) in [5, 5.41) is 9.73. The minimum atomic E-state index is -0.387. The second kappa shape index (κ2) is 6.72. The average molecular weight is 361 g/mol. The van der Waals surface area contributed by atoms with Gasteiger partial charge in [-0.1, -0.05) is 0 Å². The number of nitrogens with zero attached hydrogens (tertiary/aromatic N) is 2. The van der Waals surface area contributed by atoms with Gasteiger partial charge in [0.2, 0.25) is 5.91 Å². The number of carbonyl (C=O) groups excluding carboxylic acids is 1. The fourth-order valence-corrected chi connectivity index (χ4v) is 5.06. The summed E-state index contributed by atoms with van der Waals surface area (Å²) in [7, 11) is 0. The number of likely N-dealkylation sites (tertiary alicyclic amines) is 1. The minimum Gasteiger partial charge on any atom is -0.399 e. The van der Waals surface area contributed by atoms with Crippen molar-refractivity contribution in [2.75, 3.05) is 30.3 Å². The van der Waals surface area contributed by atoms with Gasteiger partial charge < -0.3 is 20.6 Å². The molecule has 0 unspecified atom stereocenters. The van der Waals surface area contributed by atoms with E-state index in [1.54, 1.807) is 12.1 Å². The molecule has 3 fully saturated rings. The van der Waals surface area contributed by atoms with Crippen LogP contribution in [0.5, 0.6) is 0 Å². The Morgan fingerprint density at radius 2 is 1.92 bits per heavy atom. The molecule has 1 spiro atoms. The third-order valence-electron chi connectivity index (χ3n) is 6.54. The smallest absolute Gasteiger partial charge is 0.230 e. The number of hydrogen-bond acceptors (Lipinski definition) is 4. The Labute approximate surface area is 154 Å². The van der Waals surface area contributed by atoms with Crippen molar-refractivity contribution < 1.29 is 14.3 Å². The molecule has 2 saturated heterocycles. The molecule has 26 heavy (non-hydrogen) atoms. The molecule has 1 aromatic carbocycles. The van der Waals surface area contributed by atoms with E-state index in [2.05, 4.69) is 4.90 Å². The monoisotopic (exact) mass is 361 g/mol. The average Bonchev–Trinajstić information content (AvgIpc) is 2.92. The Hall–Kier alpha value is -1.82. The van der Waals surface area contributed by atoms with Gasteiger partial charge in [0.1, 0.15) is 5.82 Å². The first kappa shape index (κ1) is 17.6. The number of rotatable bonds is 2. The van der Waals surface area contributed by atoms with Crippen LogP contribution >= 0.6 is 0 Å². The van der Waals surface area contributed by atoms with Crippen molar-refractivity contribution >= 4 is 17.3 Å². The Balaban J connectivity index is 1.50. The summed E-state index contributed by atoms with van der Waals surface area (Å²) in [6.07, 6.45) is 5.75. The zero-order chi connectivity index (χ0) is 18.3. The summed E-state index contributed by atoms with van der Waals surface area (Å²) in [4.78, 5) is 17.4. The SMILES string of the molecule is Nc1ccc(N2CCC[C@@]3(CCN([C@H]4CC[C@H](O)CC4)C3=O)C2)c(F)c1. The van der Waals surface area contributed by atoms with E-state index < -0.39 is 0 Å². The summed E-state index contributed by atoms with van der Waals surface area (Å²) in [5.74, 6) is -0.0786. The summed E-state index contributed by atoms with van der Waals surface area (Å²) in [6.45, 7) is 2.14. The summed E-state index contributed by atoms with van der Waals surface area (Å²) >= 11 is 0. The number of benzene rings is 1. The lowest BCUT2D eigenvalue weighted by Gasteiger charge is -2.41. The molecular weight excluding hydrogens is 333 g/mol. The first-order chi connectivity index (χ1) is 12.5. The standard InChI is InChI=1S/C20H28FN3O2/c21-17-12-14(22)2-7-18(17)23-10-1-8-20(13-23)9-11-24(19(20)26)15-3-5-16(25)6-4-15/h2,7,12,15-16,25H,1,3-6,8-11,13,22H2/t15-,16-,20-/m1/s1. The van der Waals surface area contributed by atoms with E-state index in [9.17, 15) is 14.3 Å².